The zero-order chi connectivity index (χ0) is 21.2. The number of nitrogens with one attached hydrogen (secondary N) is 1. The van der Waals surface area contributed by atoms with Crippen molar-refractivity contribution in [1.29, 1.82) is 0 Å². The van der Waals surface area contributed by atoms with Crippen LogP contribution in [0.4, 0.5) is 0 Å². The molecular weight excluding hydrogens is 408 g/mol. The first-order valence-corrected chi connectivity index (χ1v) is 11.4. The number of hydrogen-bond donors (Lipinski definition) is 1. The van der Waals surface area contributed by atoms with Gasteiger partial charge in [-0.05, 0) is 55.0 Å². The minimum Gasteiger partial charge on any atom is -0.493 e. The van der Waals surface area contributed by atoms with Gasteiger partial charge in [-0.25, -0.2) is 4.98 Å². The highest BCUT2D eigenvalue weighted by Gasteiger charge is 2.20. The quantitative estimate of drug-likeness (QED) is 0.457. The van der Waals surface area contributed by atoms with Crippen LogP contribution >= 0.6 is 11.3 Å². The van der Waals surface area contributed by atoms with E-state index in [1.165, 1.54) is 22.4 Å². The molecule has 31 heavy (non-hydrogen) atoms. The zero-order valence-corrected chi connectivity index (χ0v) is 18.3. The Balaban J connectivity index is 1.41. The number of H-pyrrole nitrogens is 1. The fourth-order valence-electron chi connectivity index (χ4n) is 4.16. The summed E-state index contributed by atoms with van der Waals surface area (Å²) < 4.78 is 11.5. The Kier molecular flexibility index (Phi) is 5.47. The van der Waals surface area contributed by atoms with Crippen LogP contribution in [0.5, 0.6) is 11.5 Å². The first kappa shape index (κ1) is 19.8. The third-order valence-corrected chi connectivity index (χ3v) is 6.94. The maximum absolute atomic E-state index is 12.9. The lowest BCUT2D eigenvalue weighted by atomic mass is 9.97. The third-order valence-electron chi connectivity index (χ3n) is 5.75. The van der Waals surface area contributed by atoms with Crippen LogP contribution in [0.1, 0.15) is 28.8 Å². The van der Waals surface area contributed by atoms with Crippen LogP contribution in [0.2, 0.25) is 0 Å². The molecule has 1 N–H and O–H groups in total. The van der Waals surface area contributed by atoms with Gasteiger partial charge in [0.2, 0.25) is 0 Å². The second-order valence-corrected chi connectivity index (χ2v) is 8.84. The van der Waals surface area contributed by atoms with Crippen molar-refractivity contribution in [1.82, 2.24) is 9.97 Å². The molecule has 2 aromatic heterocycles. The smallest absolute Gasteiger partial charge is 0.260 e. The van der Waals surface area contributed by atoms with Crippen molar-refractivity contribution < 1.29 is 9.47 Å². The molecule has 1 aliphatic rings. The van der Waals surface area contributed by atoms with Crippen molar-refractivity contribution in [2.24, 2.45) is 0 Å². The van der Waals surface area contributed by atoms with Gasteiger partial charge in [0, 0.05) is 16.9 Å². The Morgan fingerprint density at radius 1 is 1.06 bits per heavy atom. The number of methoxy groups -OCH3 is 1. The van der Waals surface area contributed by atoms with Gasteiger partial charge in [0.15, 0.2) is 11.5 Å². The maximum atomic E-state index is 12.9. The highest BCUT2D eigenvalue weighted by molar-refractivity contribution is 7.18. The van der Waals surface area contributed by atoms with Gasteiger partial charge in [-0.2, -0.15) is 0 Å². The lowest BCUT2D eigenvalue weighted by Gasteiger charge is -2.12. The van der Waals surface area contributed by atoms with Crippen molar-refractivity contribution >= 4 is 21.6 Å². The molecule has 2 heterocycles. The second kappa shape index (κ2) is 8.55. The summed E-state index contributed by atoms with van der Waals surface area (Å²) in [6.07, 6.45) is 5.17. The first-order chi connectivity index (χ1) is 15.2. The number of fused-ring (bicyclic) bond motifs is 3. The van der Waals surface area contributed by atoms with Crippen LogP contribution in [0.25, 0.3) is 21.6 Å². The molecule has 0 atom stereocenters. The summed E-state index contributed by atoms with van der Waals surface area (Å²) in [5.74, 6) is 1.86. The molecule has 4 aromatic rings. The molecule has 0 saturated carbocycles. The Hall–Kier alpha value is -3.12. The van der Waals surface area contributed by atoms with E-state index in [-0.39, 0.29) is 5.56 Å². The van der Waals surface area contributed by atoms with E-state index in [0.717, 1.165) is 41.5 Å². The van der Waals surface area contributed by atoms with E-state index in [9.17, 15) is 4.79 Å². The van der Waals surface area contributed by atoms with Crippen LogP contribution in [-0.4, -0.2) is 23.7 Å². The molecule has 0 fully saturated rings. The molecule has 5 nitrogen and oxygen atoms in total. The topological polar surface area (TPSA) is 64.2 Å². The number of aromatic amines is 1. The maximum Gasteiger partial charge on any atom is 0.260 e. The molecular formula is C25H24N2O3S. The lowest BCUT2D eigenvalue weighted by Crippen LogP contribution is -2.11. The van der Waals surface area contributed by atoms with Gasteiger partial charge in [-0.15, -0.1) is 11.3 Å². The number of aromatic nitrogens is 2. The van der Waals surface area contributed by atoms with Gasteiger partial charge in [-0.1, -0.05) is 30.3 Å². The fourth-order valence-corrected chi connectivity index (χ4v) is 5.42. The summed E-state index contributed by atoms with van der Waals surface area (Å²) >= 11 is 1.66. The molecule has 0 unspecified atom stereocenters. The summed E-state index contributed by atoms with van der Waals surface area (Å²) in [6, 6.07) is 15.9. The van der Waals surface area contributed by atoms with Crippen LogP contribution in [0.3, 0.4) is 0 Å². The summed E-state index contributed by atoms with van der Waals surface area (Å²) in [6.45, 7) is 0.557. The Morgan fingerprint density at radius 2 is 1.90 bits per heavy atom. The third kappa shape index (κ3) is 3.95. The predicted molar refractivity (Wildman–Crippen MR) is 125 cm³/mol. The zero-order valence-electron chi connectivity index (χ0n) is 17.4. The molecule has 158 valence electrons. The van der Waals surface area contributed by atoms with E-state index < -0.39 is 0 Å². The number of ether oxygens (including phenoxy) is 2. The molecule has 0 radical (unpaired) electrons. The van der Waals surface area contributed by atoms with Crippen LogP contribution in [-0.2, 0) is 19.3 Å². The van der Waals surface area contributed by atoms with E-state index in [1.807, 2.05) is 36.4 Å². The number of thiophene rings is 1. The van der Waals surface area contributed by atoms with Crippen LogP contribution in [0.15, 0.2) is 53.3 Å². The first-order valence-electron chi connectivity index (χ1n) is 10.6. The normalized spacial score (nSPS) is 13.2. The van der Waals surface area contributed by atoms with Gasteiger partial charge in [-0.3, -0.25) is 4.79 Å². The summed E-state index contributed by atoms with van der Waals surface area (Å²) in [5.41, 5.74) is 3.18. The average Bonchev–Trinajstić information content (AvgIpc) is 3.19. The van der Waals surface area contributed by atoms with Crippen molar-refractivity contribution in [2.45, 2.75) is 32.1 Å². The van der Waals surface area contributed by atoms with Crippen molar-refractivity contribution in [2.75, 3.05) is 13.7 Å². The van der Waals surface area contributed by atoms with Gasteiger partial charge < -0.3 is 14.5 Å². The molecule has 0 aliphatic heterocycles. The molecule has 2 aromatic carbocycles. The number of nitrogens with zero attached hydrogens (tertiary/aromatic N) is 1. The Bertz CT molecular complexity index is 1280. The van der Waals surface area contributed by atoms with Gasteiger partial charge in [0.1, 0.15) is 10.7 Å². The van der Waals surface area contributed by atoms with Gasteiger partial charge in [0.05, 0.1) is 19.1 Å². The molecule has 0 amide bonds. The summed E-state index contributed by atoms with van der Waals surface area (Å²) in [4.78, 5) is 22.8. The Morgan fingerprint density at radius 3 is 2.74 bits per heavy atom. The molecule has 1 aliphatic carbocycles. The highest BCUT2D eigenvalue weighted by Crippen LogP contribution is 2.35. The fraction of sp³-hybridized carbons (Fsp3) is 0.280. The predicted octanol–water partition coefficient (Wildman–Crippen LogP) is 5.16. The molecule has 0 saturated heterocycles. The van der Waals surface area contributed by atoms with Crippen molar-refractivity contribution in [3.05, 3.63) is 74.9 Å². The summed E-state index contributed by atoms with van der Waals surface area (Å²) in [5, 5.41) is 0.774. The number of hydrogen-bond acceptors (Lipinski definition) is 5. The lowest BCUT2D eigenvalue weighted by molar-refractivity contribution is 0.298. The number of aryl methyl sites for hydroxylation is 2. The van der Waals surface area contributed by atoms with E-state index in [1.54, 1.807) is 18.4 Å². The number of benzene rings is 2. The molecule has 0 spiro atoms. The van der Waals surface area contributed by atoms with Gasteiger partial charge in [0.25, 0.3) is 5.56 Å². The second-order valence-electron chi connectivity index (χ2n) is 7.76. The molecule has 0 bridgehead atoms. The standard InChI is InChI=1S/C25H24N2O3S/c1-29-20-15-17(11-12-19(20)30-14-13-16-7-3-2-4-8-16)23-26-24(28)22-18-9-5-6-10-21(18)31-25(22)27-23/h2-4,7-8,11-12,15H,5-6,9-10,13-14H2,1H3,(H,26,27,28). The molecule has 5 rings (SSSR count). The summed E-state index contributed by atoms with van der Waals surface area (Å²) in [7, 11) is 1.62. The monoisotopic (exact) mass is 432 g/mol. The minimum atomic E-state index is -0.0541. The Labute approximate surface area is 184 Å². The highest BCUT2D eigenvalue weighted by atomic mass is 32.1. The van der Waals surface area contributed by atoms with Crippen LogP contribution in [0, 0.1) is 0 Å². The SMILES string of the molecule is COc1cc(-c2nc3sc4c(c3c(=O)[nH]2)CCCC4)ccc1OCCc1ccccc1. The number of rotatable bonds is 6. The largest absolute Gasteiger partial charge is 0.493 e. The van der Waals surface area contributed by atoms with Crippen molar-refractivity contribution in [3.8, 4) is 22.9 Å². The van der Waals surface area contributed by atoms with E-state index in [0.29, 0.717) is 23.9 Å². The van der Waals surface area contributed by atoms with Crippen molar-refractivity contribution in [3.63, 3.8) is 0 Å². The molecule has 6 heteroatoms. The van der Waals surface area contributed by atoms with E-state index in [4.69, 9.17) is 14.5 Å². The minimum absolute atomic E-state index is 0.0541. The van der Waals surface area contributed by atoms with E-state index in [2.05, 4.69) is 17.1 Å². The van der Waals surface area contributed by atoms with Crippen LogP contribution < -0.4 is 15.0 Å². The average molecular weight is 433 g/mol. The van der Waals surface area contributed by atoms with E-state index >= 15 is 0 Å². The van der Waals surface area contributed by atoms with Gasteiger partial charge >= 0.3 is 0 Å².